The van der Waals surface area contributed by atoms with Gasteiger partial charge in [0.05, 0.1) is 18.2 Å². The van der Waals surface area contributed by atoms with Crippen LogP contribution in [0, 0.1) is 25.2 Å². The van der Waals surface area contributed by atoms with Crippen molar-refractivity contribution in [1.82, 2.24) is 9.38 Å². The topological polar surface area (TPSA) is 79.4 Å². The Labute approximate surface area is 184 Å². The Hall–Kier alpha value is -3.63. The lowest BCUT2D eigenvalue weighted by Gasteiger charge is -2.11. The summed E-state index contributed by atoms with van der Waals surface area (Å²) >= 11 is 1.32. The van der Waals surface area contributed by atoms with Crippen LogP contribution in [0.3, 0.4) is 0 Å². The number of thiazole rings is 1. The minimum absolute atomic E-state index is 0.327. The second-order valence-electron chi connectivity index (χ2n) is 7.13. The number of carbonyl (C=O) groups is 1. The fourth-order valence-corrected chi connectivity index (χ4v) is 4.51. The Morgan fingerprint density at radius 3 is 2.61 bits per heavy atom. The molecule has 0 saturated carbocycles. The van der Waals surface area contributed by atoms with Gasteiger partial charge in [-0.2, -0.15) is 5.26 Å². The van der Waals surface area contributed by atoms with Crippen LogP contribution in [0.4, 0.5) is 5.82 Å². The lowest BCUT2D eigenvalue weighted by Crippen LogP contribution is -2.07. The molecule has 2 heterocycles. The van der Waals surface area contributed by atoms with Crippen molar-refractivity contribution in [2.75, 3.05) is 11.9 Å². The molecule has 0 radical (unpaired) electrons. The second-order valence-corrected chi connectivity index (χ2v) is 8.11. The van der Waals surface area contributed by atoms with Crippen LogP contribution in [0.5, 0.6) is 0 Å². The molecule has 4 rings (SSSR count). The number of nitriles is 1. The molecule has 2 aromatic carbocycles. The third-order valence-electron chi connectivity index (χ3n) is 5.16. The third kappa shape index (κ3) is 3.90. The van der Waals surface area contributed by atoms with E-state index in [0.29, 0.717) is 28.6 Å². The molecule has 0 atom stereocenters. The van der Waals surface area contributed by atoms with Gasteiger partial charge in [0.2, 0.25) is 0 Å². The quantitative estimate of drug-likeness (QED) is 0.418. The number of imidazole rings is 1. The Bertz CT molecular complexity index is 1300. The van der Waals surface area contributed by atoms with E-state index in [4.69, 9.17) is 15.0 Å². The maximum Gasteiger partial charge on any atom is 0.350 e. The van der Waals surface area contributed by atoms with E-state index in [-0.39, 0.29) is 5.97 Å². The molecule has 31 heavy (non-hydrogen) atoms. The molecule has 156 valence electrons. The molecule has 7 heteroatoms. The SMILES string of the molecule is CCOC(=O)c1sc2nc(-c3ccc(C#N)cc3)c(NCc3ccccc3C)n2c1C. The Kier molecular flexibility index (Phi) is 5.74. The molecule has 0 aliphatic rings. The van der Waals surface area contributed by atoms with Crippen molar-refractivity contribution in [2.45, 2.75) is 27.3 Å². The van der Waals surface area contributed by atoms with Gasteiger partial charge in [0.15, 0.2) is 4.96 Å². The van der Waals surface area contributed by atoms with Crippen molar-refractivity contribution in [1.29, 1.82) is 5.26 Å². The predicted octanol–water partition coefficient (Wildman–Crippen LogP) is 5.34. The molecule has 1 N–H and O–H groups in total. The van der Waals surface area contributed by atoms with Crippen molar-refractivity contribution >= 4 is 28.1 Å². The largest absolute Gasteiger partial charge is 0.462 e. The molecule has 0 aliphatic carbocycles. The molecule has 4 aromatic rings. The van der Waals surface area contributed by atoms with Gasteiger partial charge in [0.1, 0.15) is 16.4 Å². The van der Waals surface area contributed by atoms with Crippen LogP contribution in [-0.4, -0.2) is 22.0 Å². The van der Waals surface area contributed by atoms with Crippen LogP contribution >= 0.6 is 11.3 Å². The monoisotopic (exact) mass is 430 g/mol. The first kappa shape index (κ1) is 20.6. The average Bonchev–Trinajstić information content (AvgIpc) is 3.30. The maximum atomic E-state index is 12.4. The van der Waals surface area contributed by atoms with Gasteiger partial charge in [0, 0.05) is 17.8 Å². The zero-order valence-electron chi connectivity index (χ0n) is 17.6. The zero-order chi connectivity index (χ0) is 22.0. The normalized spacial score (nSPS) is 10.8. The van der Waals surface area contributed by atoms with E-state index in [9.17, 15) is 4.79 Å². The number of anilines is 1. The van der Waals surface area contributed by atoms with E-state index in [1.807, 2.05) is 35.6 Å². The molecular formula is C24H22N4O2S. The number of ether oxygens (including phenoxy) is 1. The summed E-state index contributed by atoms with van der Waals surface area (Å²) in [4.78, 5) is 18.5. The smallest absolute Gasteiger partial charge is 0.350 e. The van der Waals surface area contributed by atoms with Crippen LogP contribution < -0.4 is 5.32 Å². The summed E-state index contributed by atoms with van der Waals surface area (Å²) in [6.07, 6.45) is 0. The number of benzene rings is 2. The van der Waals surface area contributed by atoms with Gasteiger partial charge in [-0.05, 0) is 44.0 Å². The molecular weight excluding hydrogens is 408 g/mol. The maximum absolute atomic E-state index is 12.4. The molecule has 0 unspecified atom stereocenters. The fourth-order valence-electron chi connectivity index (χ4n) is 3.49. The lowest BCUT2D eigenvalue weighted by molar-refractivity contribution is 0.0531. The highest BCUT2D eigenvalue weighted by atomic mass is 32.1. The minimum atomic E-state index is -0.333. The number of nitrogens with one attached hydrogen (secondary N) is 1. The predicted molar refractivity (Wildman–Crippen MR) is 122 cm³/mol. The van der Waals surface area contributed by atoms with Gasteiger partial charge in [-0.15, -0.1) is 0 Å². The van der Waals surface area contributed by atoms with E-state index in [1.54, 1.807) is 19.1 Å². The highest BCUT2D eigenvalue weighted by Gasteiger charge is 2.23. The van der Waals surface area contributed by atoms with Crippen LogP contribution in [0.25, 0.3) is 16.2 Å². The highest BCUT2D eigenvalue weighted by molar-refractivity contribution is 7.19. The Balaban J connectivity index is 1.82. The summed E-state index contributed by atoms with van der Waals surface area (Å²) in [5, 5.41) is 12.6. The average molecular weight is 431 g/mol. The van der Waals surface area contributed by atoms with E-state index < -0.39 is 0 Å². The van der Waals surface area contributed by atoms with Crippen molar-refractivity contribution < 1.29 is 9.53 Å². The van der Waals surface area contributed by atoms with Crippen LogP contribution in [0.1, 0.15) is 39.0 Å². The third-order valence-corrected chi connectivity index (χ3v) is 6.28. The Morgan fingerprint density at radius 1 is 1.19 bits per heavy atom. The summed E-state index contributed by atoms with van der Waals surface area (Å²) in [6.45, 7) is 6.73. The zero-order valence-corrected chi connectivity index (χ0v) is 18.4. The summed E-state index contributed by atoms with van der Waals surface area (Å²) in [5.41, 5.74) is 5.45. The first-order valence-corrected chi connectivity index (χ1v) is 10.8. The molecule has 2 aromatic heterocycles. The number of rotatable bonds is 6. The summed E-state index contributed by atoms with van der Waals surface area (Å²) in [6, 6.07) is 17.7. The van der Waals surface area contributed by atoms with Gasteiger partial charge < -0.3 is 10.1 Å². The number of aryl methyl sites for hydroxylation is 2. The molecule has 0 bridgehead atoms. The number of carbonyl (C=O) groups excluding carboxylic acids is 1. The van der Waals surface area contributed by atoms with Crippen LogP contribution in [-0.2, 0) is 11.3 Å². The molecule has 0 aliphatic heterocycles. The number of nitrogens with zero attached hydrogens (tertiary/aromatic N) is 3. The second kappa shape index (κ2) is 8.62. The van der Waals surface area contributed by atoms with Crippen molar-refractivity contribution in [3.8, 4) is 17.3 Å². The number of fused-ring (bicyclic) bond motifs is 1. The number of esters is 1. The Morgan fingerprint density at radius 2 is 1.94 bits per heavy atom. The van der Waals surface area contributed by atoms with E-state index in [0.717, 1.165) is 22.8 Å². The van der Waals surface area contributed by atoms with Crippen molar-refractivity contribution in [3.63, 3.8) is 0 Å². The fraction of sp³-hybridized carbons (Fsp3) is 0.208. The van der Waals surface area contributed by atoms with Crippen LogP contribution in [0.15, 0.2) is 48.5 Å². The van der Waals surface area contributed by atoms with Crippen LogP contribution in [0.2, 0.25) is 0 Å². The van der Waals surface area contributed by atoms with E-state index in [1.165, 1.54) is 22.5 Å². The number of aromatic nitrogens is 2. The van der Waals surface area contributed by atoms with E-state index in [2.05, 4.69) is 30.4 Å². The summed E-state index contributed by atoms with van der Waals surface area (Å²) in [7, 11) is 0. The first-order valence-electron chi connectivity index (χ1n) is 10.0. The number of hydrogen-bond donors (Lipinski definition) is 1. The molecule has 0 spiro atoms. The van der Waals surface area contributed by atoms with Crippen molar-refractivity contribution in [2.24, 2.45) is 0 Å². The van der Waals surface area contributed by atoms with Crippen molar-refractivity contribution in [3.05, 3.63) is 75.8 Å². The molecule has 0 fully saturated rings. The molecule has 0 saturated heterocycles. The van der Waals surface area contributed by atoms with Gasteiger partial charge in [-0.25, -0.2) is 9.78 Å². The lowest BCUT2D eigenvalue weighted by atomic mass is 10.1. The standard InChI is InChI=1S/C24H22N4O2S/c1-4-30-23(29)21-16(3)28-22(26-14-19-8-6-5-7-15(19)2)20(27-24(28)31-21)18-11-9-17(13-25)10-12-18/h5-12,26H,4,14H2,1-3H3. The first-order chi connectivity index (χ1) is 15.0. The summed E-state index contributed by atoms with van der Waals surface area (Å²) in [5.74, 6) is 0.479. The van der Waals surface area contributed by atoms with Gasteiger partial charge in [-0.3, -0.25) is 4.40 Å². The summed E-state index contributed by atoms with van der Waals surface area (Å²) < 4.78 is 7.19. The minimum Gasteiger partial charge on any atom is -0.462 e. The molecule has 0 amide bonds. The van der Waals surface area contributed by atoms with Gasteiger partial charge >= 0.3 is 5.97 Å². The van der Waals surface area contributed by atoms with E-state index >= 15 is 0 Å². The van der Waals surface area contributed by atoms with Gasteiger partial charge in [-0.1, -0.05) is 47.7 Å². The number of hydrogen-bond acceptors (Lipinski definition) is 6. The highest BCUT2D eigenvalue weighted by Crippen LogP contribution is 2.35. The molecule has 6 nitrogen and oxygen atoms in total. The van der Waals surface area contributed by atoms with Gasteiger partial charge in [0.25, 0.3) is 0 Å².